The van der Waals surface area contributed by atoms with Crippen LogP contribution in [-0.2, 0) is 18.0 Å². The molecule has 9 nitrogen and oxygen atoms in total. The maximum atomic E-state index is 12.7. The Morgan fingerprint density at radius 2 is 1.90 bits per heavy atom. The van der Waals surface area contributed by atoms with Gasteiger partial charge in [0.1, 0.15) is 5.92 Å². The second-order valence-electron chi connectivity index (χ2n) is 6.16. The standard InChI is InChI=1S/C16H14F3N7O2.C2H4/c1-26-24-11(15-23-22-14(28-15)10-6-7-20-13(10)27)12(25-26)21-9-4-2-8(3-5-9)16(17,18)19;1-2/h2-5,10H,6-7H2,1H3,(H,20,27)(H,21,25);1-2H2. The predicted molar refractivity (Wildman–Crippen MR) is 101 cm³/mol. The Balaban J connectivity index is 0.00000124. The molecule has 2 aromatic heterocycles. The zero-order chi connectivity index (χ0) is 21.9. The van der Waals surface area contributed by atoms with Crippen molar-refractivity contribution in [2.75, 3.05) is 11.9 Å². The molecule has 12 heteroatoms. The number of anilines is 2. The van der Waals surface area contributed by atoms with Crippen molar-refractivity contribution in [3.63, 3.8) is 0 Å². The highest BCUT2D eigenvalue weighted by atomic mass is 19.4. The molecule has 0 aliphatic carbocycles. The molecule has 1 aromatic carbocycles. The number of aryl methyl sites for hydroxylation is 1. The molecule has 1 atom stereocenters. The van der Waals surface area contributed by atoms with Gasteiger partial charge in [-0.05, 0) is 30.7 Å². The zero-order valence-corrected chi connectivity index (χ0v) is 15.9. The number of halogens is 3. The molecular formula is C18H18F3N7O2. The quantitative estimate of drug-likeness (QED) is 0.623. The summed E-state index contributed by atoms with van der Waals surface area (Å²) in [5.41, 5.74) is -0.155. The minimum atomic E-state index is -4.41. The summed E-state index contributed by atoms with van der Waals surface area (Å²) < 4.78 is 43.7. The lowest BCUT2D eigenvalue weighted by Crippen LogP contribution is -2.18. The summed E-state index contributed by atoms with van der Waals surface area (Å²) in [5, 5.41) is 21.7. The minimum Gasteiger partial charge on any atom is -0.418 e. The van der Waals surface area contributed by atoms with E-state index in [1.807, 2.05) is 0 Å². The van der Waals surface area contributed by atoms with Gasteiger partial charge in [-0.1, -0.05) is 0 Å². The number of alkyl halides is 3. The van der Waals surface area contributed by atoms with Crippen LogP contribution in [0.1, 0.15) is 23.8 Å². The first-order valence-electron chi connectivity index (χ1n) is 8.78. The van der Waals surface area contributed by atoms with E-state index in [2.05, 4.69) is 44.2 Å². The van der Waals surface area contributed by atoms with Gasteiger partial charge in [-0.3, -0.25) is 4.79 Å². The molecule has 1 aliphatic rings. The Bertz CT molecular complexity index is 1030. The maximum Gasteiger partial charge on any atom is 0.416 e. The Morgan fingerprint density at radius 3 is 2.50 bits per heavy atom. The van der Waals surface area contributed by atoms with E-state index in [1.54, 1.807) is 7.05 Å². The summed E-state index contributed by atoms with van der Waals surface area (Å²) in [6, 6.07) is 4.48. The highest BCUT2D eigenvalue weighted by Gasteiger charge is 2.32. The average molecular weight is 421 g/mol. The van der Waals surface area contributed by atoms with Gasteiger partial charge in [0.15, 0.2) is 11.5 Å². The third kappa shape index (κ3) is 4.31. The van der Waals surface area contributed by atoms with Crippen LogP contribution in [0.25, 0.3) is 11.6 Å². The number of nitrogens with one attached hydrogen (secondary N) is 2. The van der Waals surface area contributed by atoms with Crippen LogP contribution in [0.5, 0.6) is 0 Å². The van der Waals surface area contributed by atoms with Gasteiger partial charge < -0.3 is 15.1 Å². The predicted octanol–water partition coefficient (Wildman–Crippen LogP) is 3.03. The van der Waals surface area contributed by atoms with Crippen molar-refractivity contribution in [1.29, 1.82) is 0 Å². The first kappa shape index (κ1) is 21.0. The molecule has 0 bridgehead atoms. The van der Waals surface area contributed by atoms with Crippen LogP contribution in [0.4, 0.5) is 24.7 Å². The first-order valence-corrected chi connectivity index (χ1v) is 8.78. The zero-order valence-electron chi connectivity index (χ0n) is 15.9. The van der Waals surface area contributed by atoms with Crippen LogP contribution >= 0.6 is 0 Å². The number of hydrogen-bond acceptors (Lipinski definition) is 7. The number of nitrogens with zero attached hydrogens (tertiary/aromatic N) is 5. The van der Waals surface area contributed by atoms with Crippen molar-refractivity contribution in [1.82, 2.24) is 30.5 Å². The van der Waals surface area contributed by atoms with Crippen LogP contribution in [0.3, 0.4) is 0 Å². The van der Waals surface area contributed by atoms with Gasteiger partial charge in [0, 0.05) is 19.3 Å². The fraction of sp³-hybridized carbons (Fsp3) is 0.278. The molecule has 30 heavy (non-hydrogen) atoms. The Kier molecular flexibility index (Phi) is 5.85. The minimum absolute atomic E-state index is 0.0530. The largest absolute Gasteiger partial charge is 0.418 e. The van der Waals surface area contributed by atoms with E-state index in [1.165, 1.54) is 16.9 Å². The van der Waals surface area contributed by atoms with E-state index < -0.39 is 17.7 Å². The van der Waals surface area contributed by atoms with E-state index in [-0.39, 0.29) is 29.2 Å². The fourth-order valence-corrected chi connectivity index (χ4v) is 2.81. The van der Waals surface area contributed by atoms with Crippen LogP contribution in [-0.4, -0.2) is 37.6 Å². The van der Waals surface area contributed by atoms with Gasteiger partial charge >= 0.3 is 6.18 Å². The van der Waals surface area contributed by atoms with Crippen molar-refractivity contribution in [3.8, 4) is 11.6 Å². The molecular weight excluding hydrogens is 403 g/mol. The summed E-state index contributed by atoms with van der Waals surface area (Å²) >= 11 is 0. The molecule has 0 radical (unpaired) electrons. The number of rotatable bonds is 4. The summed E-state index contributed by atoms with van der Waals surface area (Å²) in [4.78, 5) is 13.0. The molecule has 1 aliphatic heterocycles. The normalized spacial score (nSPS) is 16.0. The van der Waals surface area contributed by atoms with E-state index in [0.717, 1.165) is 12.1 Å². The molecule has 1 saturated heterocycles. The first-order chi connectivity index (χ1) is 14.3. The Labute approximate surface area is 169 Å². The van der Waals surface area contributed by atoms with Gasteiger partial charge in [0.05, 0.1) is 5.56 Å². The van der Waals surface area contributed by atoms with E-state index in [4.69, 9.17) is 4.42 Å². The molecule has 0 spiro atoms. The third-order valence-electron chi connectivity index (χ3n) is 4.18. The van der Waals surface area contributed by atoms with Crippen LogP contribution in [0, 0.1) is 0 Å². The van der Waals surface area contributed by atoms with Gasteiger partial charge in [-0.2, -0.15) is 18.0 Å². The molecule has 1 amide bonds. The second-order valence-corrected chi connectivity index (χ2v) is 6.16. The molecule has 3 aromatic rings. The van der Waals surface area contributed by atoms with Crippen LogP contribution in [0.15, 0.2) is 41.8 Å². The number of aromatic nitrogens is 5. The lowest BCUT2D eigenvalue weighted by Gasteiger charge is -2.08. The lowest BCUT2D eigenvalue weighted by molar-refractivity contribution is -0.137. The van der Waals surface area contributed by atoms with Crippen molar-refractivity contribution in [3.05, 3.63) is 48.9 Å². The van der Waals surface area contributed by atoms with Crippen molar-refractivity contribution in [2.24, 2.45) is 7.05 Å². The highest BCUT2D eigenvalue weighted by molar-refractivity contribution is 5.84. The molecule has 2 N–H and O–H groups in total. The lowest BCUT2D eigenvalue weighted by atomic mass is 10.1. The van der Waals surface area contributed by atoms with Crippen molar-refractivity contribution >= 4 is 17.4 Å². The SMILES string of the molecule is C=C.Cn1nc(Nc2ccc(C(F)(F)F)cc2)c(-c2nnc(C3CCNC3=O)o2)n1. The third-order valence-corrected chi connectivity index (χ3v) is 4.18. The van der Waals surface area contributed by atoms with Crippen LogP contribution < -0.4 is 10.6 Å². The molecule has 3 heterocycles. The highest BCUT2D eigenvalue weighted by Crippen LogP contribution is 2.32. The monoisotopic (exact) mass is 421 g/mol. The number of carbonyl (C=O) groups is 1. The fourth-order valence-electron chi connectivity index (χ4n) is 2.81. The topological polar surface area (TPSA) is 111 Å². The molecule has 1 fully saturated rings. The number of carbonyl (C=O) groups excluding carboxylic acids is 1. The summed E-state index contributed by atoms with van der Waals surface area (Å²) in [6.07, 6.45) is -3.86. The van der Waals surface area contributed by atoms with E-state index in [0.29, 0.717) is 18.7 Å². The number of benzene rings is 1. The molecule has 1 unspecified atom stereocenters. The molecule has 4 rings (SSSR count). The van der Waals surface area contributed by atoms with Crippen molar-refractivity contribution < 1.29 is 22.4 Å². The summed E-state index contributed by atoms with van der Waals surface area (Å²) in [7, 11) is 1.57. The van der Waals surface area contributed by atoms with E-state index in [9.17, 15) is 18.0 Å². The van der Waals surface area contributed by atoms with Gasteiger partial charge in [-0.15, -0.1) is 33.6 Å². The van der Waals surface area contributed by atoms with Gasteiger partial charge in [-0.25, -0.2) is 0 Å². The maximum absolute atomic E-state index is 12.7. The Morgan fingerprint density at radius 1 is 1.20 bits per heavy atom. The summed E-state index contributed by atoms with van der Waals surface area (Å²) in [6.45, 7) is 6.53. The molecule has 0 saturated carbocycles. The molecule has 158 valence electrons. The van der Waals surface area contributed by atoms with Gasteiger partial charge in [0.2, 0.25) is 11.8 Å². The summed E-state index contributed by atoms with van der Waals surface area (Å²) in [5.74, 6) is -0.233. The second kappa shape index (κ2) is 8.35. The van der Waals surface area contributed by atoms with Crippen LogP contribution in [0.2, 0.25) is 0 Å². The Hall–Kier alpha value is -3.70. The van der Waals surface area contributed by atoms with E-state index >= 15 is 0 Å². The average Bonchev–Trinajstić information content (AvgIpc) is 3.43. The van der Waals surface area contributed by atoms with Gasteiger partial charge in [0.25, 0.3) is 5.89 Å². The number of amides is 1. The van der Waals surface area contributed by atoms with Crippen molar-refractivity contribution in [2.45, 2.75) is 18.5 Å². The number of hydrogen-bond donors (Lipinski definition) is 2. The smallest absolute Gasteiger partial charge is 0.416 e.